The molecule has 0 unspecified atom stereocenters. The Balaban J connectivity index is 1.78. The number of benzene rings is 1. The summed E-state index contributed by atoms with van der Waals surface area (Å²) in [7, 11) is 0. The normalized spacial score (nSPS) is 16.3. The Morgan fingerprint density at radius 1 is 1.25 bits per heavy atom. The number of fused-ring (bicyclic) bond motifs is 1. The summed E-state index contributed by atoms with van der Waals surface area (Å²) >= 11 is 17.5. The van der Waals surface area contributed by atoms with E-state index in [9.17, 15) is 0 Å². The summed E-state index contributed by atoms with van der Waals surface area (Å²) in [5.74, 6) is 0. The smallest absolute Gasteiger partial charge is 0.178 e. The van der Waals surface area contributed by atoms with Crippen LogP contribution in [-0.4, -0.2) is 22.3 Å². The molecular weight excluding hydrogens is 315 g/mol. The van der Waals surface area contributed by atoms with E-state index in [1.54, 1.807) is 0 Å². The third kappa shape index (κ3) is 2.89. The van der Waals surface area contributed by atoms with Crippen molar-refractivity contribution in [2.75, 3.05) is 6.61 Å². The number of nitrogens with zero attached hydrogens (tertiary/aromatic N) is 1. The van der Waals surface area contributed by atoms with Crippen molar-refractivity contribution in [2.45, 2.75) is 38.3 Å². The van der Waals surface area contributed by atoms with Crippen LogP contribution in [-0.2, 0) is 11.3 Å². The fraction of sp³-hybridized carbons (Fsp3) is 0.500. The number of aromatic amines is 1. The maximum atomic E-state index is 6.08. The van der Waals surface area contributed by atoms with Crippen molar-refractivity contribution in [3.05, 3.63) is 26.9 Å². The number of hydrogen-bond acceptors (Lipinski definition) is 2. The molecular formula is C14H16Cl2N2OS. The summed E-state index contributed by atoms with van der Waals surface area (Å²) in [6, 6.07) is 3.66. The molecule has 1 aromatic heterocycles. The number of nitrogens with one attached hydrogen (secondary N) is 1. The predicted octanol–water partition coefficient (Wildman–Crippen LogP) is 4.96. The SMILES string of the molecule is S=c1[nH]c2cc(Cl)c(Cl)cc2n1CCOC1CCCC1. The van der Waals surface area contributed by atoms with Gasteiger partial charge in [-0.2, -0.15) is 0 Å². The summed E-state index contributed by atoms with van der Waals surface area (Å²) in [6.07, 6.45) is 5.35. The highest BCUT2D eigenvalue weighted by Gasteiger charge is 2.15. The second-order valence-electron chi connectivity index (χ2n) is 5.14. The Kier molecular flexibility index (Phi) is 4.36. The van der Waals surface area contributed by atoms with Gasteiger partial charge < -0.3 is 14.3 Å². The Morgan fingerprint density at radius 2 is 1.95 bits per heavy atom. The van der Waals surface area contributed by atoms with Gasteiger partial charge in [0.15, 0.2) is 4.77 Å². The van der Waals surface area contributed by atoms with Crippen molar-refractivity contribution in [1.82, 2.24) is 9.55 Å². The van der Waals surface area contributed by atoms with E-state index in [1.807, 2.05) is 16.7 Å². The lowest BCUT2D eigenvalue weighted by molar-refractivity contribution is 0.0533. The Bertz CT molecular complexity index is 674. The molecule has 6 heteroatoms. The lowest BCUT2D eigenvalue weighted by Gasteiger charge is -2.11. The summed E-state index contributed by atoms with van der Waals surface area (Å²) in [6.45, 7) is 1.40. The second-order valence-corrected chi connectivity index (χ2v) is 6.34. The lowest BCUT2D eigenvalue weighted by atomic mass is 10.3. The molecule has 2 aromatic rings. The van der Waals surface area contributed by atoms with Crippen molar-refractivity contribution >= 4 is 46.5 Å². The molecule has 0 spiro atoms. The maximum Gasteiger partial charge on any atom is 0.178 e. The minimum absolute atomic E-state index is 0.424. The van der Waals surface area contributed by atoms with Crippen LogP contribution in [0.1, 0.15) is 25.7 Å². The van der Waals surface area contributed by atoms with Crippen LogP contribution < -0.4 is 0 Å². The van der Waals surface area contributed by atoms with E-state index in [0.717, 1.165) is 17.6 Å². The van der Waals surface area contributed by atoms with E-state index >= 15 is 0 Å². The zero-order valence-corrected chi connectivity index (χ0v) is 13.3. The average molecular weight is 331 g/mol. The number of hydrogen-bond donors (Lipinski definition) is 1. The Hall–Kier alpha value is -0.550. The van der Waals surface area contributed by atoms with Crippen molar-refractivity contribution < 1.29 is 4.74 Å². The number of H-pyrrole nitrogens is 1. The molecule has 0 bridgehead atoms. The highest BCUT2D eigenvalue weighted by Crippen LogP contribution is 2.27. The number of aromatic nitrogens is 2. The van der Waals surface area contributed by atoms with E-state index in [4.69, 9.17) is 40.2 Å². The molecule has 1 saturated carbocycles. The van der Waals surface area contributed by atoms with Crippen LogP contribution in [0.15, 0.2) is 12.1 Å². The summed E-state index contributed by atoms with van der Waals surface area (Å²) in [5, 5.41) is 1.07. The molecule has 0 saturated heterocycles. The molecule has 3 nitrogen and oxygen atoms in total. The molecule has 20 heavy (non-hydrogen) atoms. The van der Waals surface area contributed by atoms with Gasteiger partial charge >= 0.3 is 0 Å². The van der Waals surface area contributed by atoms with E-state index in [1.165, 1.54) is 25.7 Å². The number of rotatable bonds is 4. The van der Waals surface area contributed by atoms with Gasteiger partial charge in [0.25, 0.3) is 0 Å². The molecule has 0 radical (unpaired) electrons. The molecule has 0 amide bonds. The van der Waals surface area contributed by atoms with Gasteiger partial charge in [-0.15, -0.1) is 0 Å². The Labute approximate surface area is 132 Å². The monoisotopic (exact) mass is 330 g/mol. The largest absolute Gasteiger partial charge is 0.376 e. The van der Waals surface area contributed by atoms with Crippen molar-refractivity contribution in [1.29, 1.82) is 0 Å². The fourth-order valence-corrected chi connectivity index (χ4v) is 3.36. The van der Waals surface area contributed by atoms with Crippen LogP contribution in [0.5, 0.6) is 0 Å². The summed E-state index contributed by atoms with van der Waals surface area (Å²) < 4.78 is 8.58. The molecule has 1 aliphatic carbocycles. The molecule has 0 aliphatic heterocycles. The maximum absolute atomic E-state index is 6.08. The zero-order valence-electron chi connectivity index (χ0n) is 11.0. The summed E-state index contributed by atoms with van der Waals surface area (Å²) in [4.78, 5) is 3.15. The van der Waals surface area contributed by atoms with E-state index in [2.05, 4.69) is 4.98 Å². The molecule has 1 heterocycles. The number of ether oxygens (including phenoxy) is 1. The summed E-state index contributed by atoms with van der Waals surface area (Å²) in [5.41, 5.74) is 1.88. The van der Waals surface area contributed by atoms with Gasteiger partial charge in [0.2, 0.25) is 0 Å². The molecule has 1 fully saturated rings. The van der Waals surface area contributed by atoms with Crippen LogP contribution >= 0.6 is 35.4 Å². The predicted molar refractivity (Wildman–Crippen MR) is 85.4 cm³/mol. The molecule has 1 aromatic carbocycles. The van der Waals surface area contributed by atoms with Gasteiger partial charge in [-0.05, 0) is 37.2 Å². The van der Waals surface area contributed by atoms with Gasteiger partial charge in [0.1, 0.15) is 0 Å². The van der Waals surface area contributed by atoms with E-state index in [-0.39, 0.29) is 0 Å². The van der Waals surface area contributed by atoms with Gasteiger partial charge in [0, 0.05) is 6.54 Å². The minimum Gasteiger partial charge on any atom is -0.376 e. The standard InChI is InChI=1S/C14H16Cl2N2OS/c15-10-7-12-13(8-11(10)16)18(14(20)17-12)5-6-19-9-3-1-2-4-9/h7-9H,1-6H2,(H,17,20). The number of imidazole rings is 1. The Morgan fingerprint density at radius 3 is 2.70 bits per heavy atom. The van der Waals surface area contributed by atoms with Gasteiger partial charge in [0.05, 0.1) is 33.8 Å². The molecule has 108 valence electrons. The van der Waals surface area contributed by atoms with Crippen LogP contribution in [0.25, 0.3) is 11.0 Å². The highest BCUT2D eigenvalue weighted by molar-refractivity contribution is 7.71. The third-order valence-electron chi connectivity index (χ3n) is 3.79. The first kappa shape index (κ1) is 14.4. The fourth-order valence-electron chi connectivity index (χ4n) is 2.74. The van der Waals surface area contributed by atoms with E-state index in [0.29, 0.717) is 27.5 Å². The van der Waals surface area contributed by atoms with E-state index < -0.39 is 0 Å². The van der Waals surface area contributed by atoms with Crippen LogP contribution in [0.2, 0.25) is 10.0 Å². The first-order chi connectivity index (χ1) is 9.65. The van der Waals surface area contributed by atoms with Crippen LogP contribution in [0, 0.1) is 4.77 Å². The molecule has 1 aliphatic rings. The van der Waals surface area contributed by atoms with Crippen molar-refractivity contribution in [3.8, 4) is 0 Å². The van der Waals surface area contributed by atoms with Crippen molar-refractivity contribution in [2.24, 2.45) is 0 Å². The zero-order chi connectivity index (χ0) is 14.1. The quantitative estimate of drug-likeness (QED) is 0.802. The average Bonchev–Trinajstić information content (AvgIpc) is 3.01. The second kappa shape index (κ2) is 6.06. The third-order valence-corrected chi connectivity index (χ3v) is 4.83. The topological polar surface area (TPSA) is 29.9 Å². The van der Waals surface area contributed by atoms with Gasteiger partial charge in [-0.25, -0.2) is 0 Å². The van der Waals surface area contributed by atoms with Crippen LogP contribution in [0.4, 0.5) is 0 Å². The molecule has 0 atom stereocenters. The number of halogens is 2. The first-order valence-electron chi connectivity index (χ1n) is 6.84. The molecule has 1 N–H and O–H groups in total. The lowest BCUT2D eigenvalue weighted by Crippen LogP contribution is -2.13. The van der Waals surface area contributed by atoms with Crippen molar-refractivity contribution in [3.63, 3.8) is 0 Å². The van der Waals surface area contributed by atoms with Gasteiger partial charge in [-0.3, -0.25) is 0 Å². The highest BCUT2D eigenvalue weighted by atomic mass is 35.5. The minimum atomic E-state index is 0.424. The van der Waals surface area contributed by atoms with Crippen LogP contribution in [0.3, 0.4) is 0 Å². The first-order valence-corrected chi connectivity index (χ1v) is 8.01. The molecule has 3 rings (SSSR count). The van der Waals surface area contributed by atoms with Gasteiger partial charge in [-0.1, -0.05) is 36.0 Å².